The summed E-state index contributed by atoms with van der Waals surface area (Å²) in [4.78, 5) is 15.0. The Labute approximate surface area is 172 Å². The van der Waals surface area contributed by atoms with E-state index in [-0.39, 0.29) is 12.5 Å². The van der Waals surface area contributed by atoms with Crippen LogP contribution in [0.2, 0.25) is 0 Å². The highest BCUT2D eigenvalue weighted by Gasteiger charge is 2.21. The predicted octanol–water partition coefficient (Wildman–Crippen LogP) is 3.64. The van der Waals surface area contributed by atoms with Crippen LogP contribution >= 0.6 is 0 Å². The Morgan fingerprint density at radius 1 is 1.03 bits per heavy atom. The van der Waals surface area contributed by atoms with Crippen LogP contribution in [0.3, 0.4) is 0 Å². The molecule has 2 aromatic rings. The molecule has 2 aromatic carbocycles. The van der Waals surface area contributed by atoms with E-state index in [1.54, 1.807) is 17.0 Å². The Morgan fingerprint density at radius 3 is 2.17 bits per heavy atom. The van der Waals surface area contributed by atoms with Crippen LogP contribution in [0.15, 0.2) is 48.0 Å². The first-order chi connectivity index (χ1) is 14.0. The van der Waals surface area contributed by atoms with E-state index in [0.717, 1.165) is 11.1 Å². The number of carbonyl (C=O) groups excluding carboxylic acids is 1. The maximum atomic E-state index is 13.2. The van der Waals surface area contributed by atoms with Gasteiger partial charge in [-0.2, -0.15) is 0 Å². The van der Waals surface area contributed by atoms with E-state index in [2.05, 4.69) is 6.08 Å². The zero-order chi connectivity index (χ0) is 21.2. The number of aliphatic hydroxyl groups is 1. The van der Waals surface area contributed by atoms with Crippen LogP contribution < -0.4 is 14.2 Å². The molecule has 1 amide bonds. The van der Waals surface area contributed by atoms with Crippen LogP contribution in [0.5, 0.6) is 17.2 Å². The van der Waals surface area contributed by atoms with Gasteiger partial charge in [-0.3, -0.25) is 4.79 Å². The van der Waals surface area contributed by atoms with Gasteiger partial charge < -0.3 is 24.2 Å². The van der Waals surface area contributed by atoms with Crippen LogP contribution in [0, 0.1) is 0 Å². The normalized spacial score (nSPS) is 11.1. The molecule has 0 fully saturated rings. The van der Waals surface area contributed by atoms with Crippen molar-refractivity contribution in [2.24, 2.45) is 0 Å². The van der Waals surface area contributed by atoms with E-state index < -0.39 is 0 Å². The van der Waals surface area contributed by atoms with Crippen molar-refractivity contribution in [1.29, 1.82) is 0 Å². The summed E-state index contributed by atoms with van der Waals surface area (Å²) < 4.78 is 16.1. The smallest absolute Gasteiger partial charge is 0.254 e. The minimum Gasteiger partial charge on any atom is -0.493 e. The van der Waals surface area contributed by atoms with Gasteiger partial charge in [-0.25, -0.2) is 0 Å². The van der Waals surface area contributed by atoms with Gasteiger partial charge in [0, 0.05) is 25.3 Å². The molecule has 0 aliphatic heterocycles. The molecule has 0 atom stereocenters. The second-order valence-electron chi connectivity index (χ2n) is 6.62. The summed E-state index contributed by atoms with van der Waals surface area (Å²) in [5, 5.41) is 9.26. The third-order valence-corrected chi connectivity index (χ3v) is 4.44. The largest absolute Gasteiger partial charge is 0.493 e. The molecule has 29 heavy (non-hydrogen) atoms. The lowest BCUT2D eigenvalue weighted by Gasteiger charge is -2.24. The number of hydrogen-bond acceptors (Lipinski definition) is 5. The van der Waals surface area contributed by atoms with Crippen molar-refractivity contribution < 1.29 is 24.1 Å². The maximum absolute atomic E-state index is 13.2. The van der Waals surface area contributed by atoms with Crippen molar-refractivity contribution in [2.75, 3.05) is 41.0 Å². The van der Waals surface area contributed by atoms with E-state index in [1.807, 2.05) is 37.3 Å². The van der Waals surface area contributed by atoms with Crippen LogP contribution in [0.4, 0.5) is 0 Å². The molecule has 0 spiro atoms. The van der Waals surface area contributed by atoms with Crippen LogP contribution in [0.1, 0.15) is 29.3 Å². The van der Waals surface area contributed by atoms with Crippen molar-refractivity contribution >= 4 is 12.0 Å². The average molecular weight is 399 g/mol. The lowest BCUT2D eigenvalue weighted by molar-refractivity contribution is 0.0759. The Hall–Kier alpha value is -2.99. The fraction of sp³-hybridized carbons (Fsp3) is 0.348. The number of ether oxygens (including phenoxy) is 3. The summed E-state index contributed by atoms with van der Waals surface area (Å²) in [7, 11) is 4.55. The van der Waals surface area contributed by atoms with Gasteiger partial charge in [-0.1, -0.05) is 42.0 Å². The van der Waals surface area contributed by atoms with Crippen molar-refractivity contribution in [3.8, 4) is 17.2 Å². The molecule has 0 heterocycles. The number of benzene rings is 2. The van der Waals surface area contributed by atoms with Crippen LogP contribution in [0.25, 0.3) is 6.08 Å². The van der Waals surface area contributed by atoms with Crippen molar-refractivity contribution in [3.63, 3.8) is 0 Å². The van der Waals surface area contributed by atoms with E-state index in [1.165, 1.54) is 21.3 Å². The molecule has 0 radical (unpaired) electrons. The highest BCUT2D eigenvalue weighted by atomic mass is 16.5. The minimum atomic E-state index is -0.168. The van der Waals surface area contributed by atoms with E-state index in [9.17, 15) is 9.90 Å². The Kier molecular flexibility index (Phi) is 8.55. The summed E-state index contributed by atoms with van der Waals surface area (Å²) in [6, 6.07) is 13.2. The minimum absolute atomic E-state index is 0.0144. The summed E-state index contributed by atoms with van der Waals surface area (Å²) in [5.74, 6) is 1.12. The summed E-state index contributed by atoms with van der Waals surface area (Å²) in [6.45, 7) is 2.89. The van der Waals surface area contributed by atoms with Gasteiger partial charge in [0.05, 0.1) is 21.3 Å². The third-order valence-electron chi connectivity index (χ3n) is 4.44. The molecule has 0 aliphatic rings. The Bertz CT molecular complexity index is 807. The molecule has 6 nitrogen and oxygen atoms in total. The molecule has 0 bridgehead atoms. The van der Waals surface area contributed by atoms with Crippen LogP contribution in [-0.4, -0.2) is 56.9 Å². The molecule has 0 saturated carbocycles. The molecular weight excluding hydrogens is 370 g/mol. The van der Waals surface area contributed by atoms with Gasteiger partial charge >= 0.3 is 0 Å². The molecular formula is C23H29NO5. The van der Waals surface area contributed by atoms with E-state index >= 15 is 0 Å². The van der Waals surface area contributed by atoms with Gasteiger partial charge in [0.2, 0.25) is 5.75 Å². The first kappa shape index (κ1) is 22.3. The Balaban J connectivity index is 2.32. The Morgan fingerprint density at radius 2 is 1.66 bits per heavy atom. The molecule has 0 unspecified atom stereocenters. The van der Waals surface area contributed by atoms with E-state index in [4.69, 9.17) is 14.2 Å². The molecule has 2 rings (SSSR count). The summed E-state index contributed by atoms with van der Waals surface area (Å²) in [6.07, 6.45) is 2.54. The SMILES string of the molecule is COc1cc(C(=O)N(CCCO)C/C(C)=C/c2ccccc2)cc(OC)c1OC. The second kappa shape index (κ2) is 11.1. The van der Waals surface area contributed by atoms with E-state index in [0.29, 0.717) is 42.3 Å². The second-order valence-corrected chi connectivity index (χ2v) is 6.62. The number of carbonyl (C=O) groups is 1. The molecule has 6 heteroatoms. The van der Waals surface area contributed by atoms with Gasteiger partial charge in [0.25, 0.3) is 5.91 Å². The average Bonchev–Trinajstić information content (AvgIpc) is 2.75. The summed E-state index contributed by atoms with van der Waals surface area (Å²) in [5.41, 5.74) is 2.55. The highest BCUT2D eigenvalue weighted by Crippen LogP contribution is 2.38. The lowest BCUT2D eigenvalue weighted by Crippen LogP contribution is -2.34. The maximum Gasteiger partial charge on any atom is 0.254 e. The first-order valence-electron chi connectivity index (χ1n) is 9.46. The van der Waals surface area contributed by atoms with Crippen LogP contribution in [-0.2, 0) is 0 Å². The molecule has 156 valence electrons. The monoisotopic (exact) mass is 399 g/mol. The number of rotatable bonds is 10. The fourth-order valence-electron chi connectivity index (χ4n) is 3.08. The lowest BCUT2D eigenvalue weighted by atomic mass is 10.1. The molecule has 0 saturated heterocycles. The standard InChI is InChI=1S/C23H29NO5/c1-17(13-18-9-6-5-7-10-18)16-24(11-8-12-25)23(26)19-14-20(27-2)22(29-4)21(15-19)28-3/h5-7,9-10,13-15,25H,8,11-12,16H2,1-4H3/b17-13+. The zero-order valence-electron chi connectivity index (χ0n) is 17.5. The summed E-state index contributed by atoms with van der Waals surface area (Å²) >= 11 is 0. The van der Waals surface area contributed by atoms with Gasteiger partial charge in [0.1, 0.15) is 0 Å². The van der Waals surface area contributed by atoms with Gasteiger partial charge in [0.15, 0.2) is 11.5 Å². The molecule has 0 aliphatic carbocycles. The van der Waals surface area contributed by atoms with Gasteiger partial charge in [-0.15, -0.1) is 0 Å². The quantitative estimate of drug-likeness (QED) is 0.661. The highest BCUT2D eigenvalue weighted by molar-refractivity contribution is 5.96. The van der Waals surface area contributed by atoms with Crippen molar-refractivity contribution in [2.45, 2.75) is 13.3 Å². The third kappa shape index (κ3) is 5.99. The molecule has 0 aromatic heterocycles. The zero-order valence-corrected chi connectivity index (χ0v) is 17.5. The molecule has 1 N–H and O–H groups in total. The number of nitrogens with zero attached hydrogens (tertiary/aromatic N) is 1. The number of hydrogen-bond donors (Lipinski definition) is 1. The van der Waals surface area contributed by atoms with Crippen molar-refractivity contribution in [1.82, 2.24) is 4.90 Å². The van der Waals surface area contributed by atoms with Gasteiger partial charge in [-0.05, 0) is 31.0 Å². The number of amides is 1. The predicted molar refractivity (Wildman–Crippen MR) is 114 cm³/mol. The first-order valence-corrected chi connectivity index (χ1v) is 9.46. The van der Waals surface area contributed by atoms with Crippen molar-refractivity contribution in [3.05, 3.63) is 59.2 Å². The fourth-order valence-corrected chi connectivity index (χ4v) is 3.08. The topological polar surface area (TPSA) is 68.2 Å². The number of methoxy groups -OCH3 is 3. The number of aliphatic hydroxyl groups excluding tert-OH is 1.